The topological polar surface area (TPSA) is 55.7 Å². The molecule has 0 spiro atoms. The molecule has 0 amide bonds. The van der Waals surface area contributed by atoms with Crippen LogP contribution in [0.15, 0.2) is 52.5 Å². The zero-order chi connectivity index (χ0) is 12.3. The van der Waals surface area contributed by atoms with Gasteiger partial charge in [-0.3, -0.25) is 4.28 Å². The Morgan fingerprint density at radius 2 is 1.82 bits per heavy atom. The summed E-state index contributed by atoms with van der Waals surface area (Å²) in [6, 6.07) is 12.3. The Labute approximate surface area is 99.6 Å². The first-order valence-corrected chi connectivity index (χ1v) is 6.45. The third-order valence-electron chi connectivity index (χ3n) is 2.26. The van der Waals surface area contributed by atoms with Gasteiger partial charge in [-0.25, -0.2) is 0 Å². The molecule has 0 aliphatic rings. The highest BCUT2D eigenvalue weighted by atomic mass is 32.2. The Balaban J connectivity index is 2.49. The van der Waals surface area contributed by atoms with Crippen molar-refractivity contribution in [3.8, 4) is 0 Å². The zero-order valence-electron chi connectivity index (χ0n) is 9.20. The standard InChI is InChI=1S/C12H11NO3S/c1-2-13-16-17(14,15)12-8-7-10-5-3-4-6-11(10)9-12/h2-9H,1H3. The Morgan fingerprint density at radius 1 is 1.12 bits per heavy atom. The van der Waals surface area contributed by atoms with E-state index in [9.17, 15) is 8.42 Å². The maximum absolute atomic E-state index is 11.7. The minimum Gasteiger partial charge on any atom is -0.265 e. The quantitative estimate of drug-likeness (QED) is 0.620. The van der Waals surface area contributed by atoms with Crippen molar-refractivity contribution in [1.82, 2.24) is 0 Å². The van der Waals surface area contributed by atoms with Gasteiger partial charge < -0.3 is 0 Å². The molecule has 0 unspecified atom stereocenters. The van der Waals surface area contributed by atoms with Crippen LogP contribution in [0.3, 0.4) is 0 Å². The molecule has 0 radical (unpaired) electrons. The maximum atomic E-state index is 11.7. The summed E-state index contributed by atoms with van der Waals surface area (Å²) in [5, 5.41) is 5.11. The molecule has 2 aromatic carbocycles. The van der Waals surface area contributed by atoms with Crippen LogP contribution in [0.5, 0.6) is 0 Å². The molecule has 4 nitrogen and oxygen atoms in total. The number of hydrogen-bond acceptors (Lipinski definition) is 4. The zero-order valence-corrected chi connectivity index (χ0v) is 10.0. The Morgan fingerprint density at radius 3 is 2.53 bits per heavy atom. The van der Waals surface area contributed by atoms with Crippen LogP contribution in [0.25, 0.3) is 10.8 Å². The third kappa shape index (κ3) is 2.45. The van der Waals surface area contributed by atoms with Crippen LogP contribution >= 0.6 is 0 Å². The van der Waals surface area contributed by atoms with Crippen LogP contribution in [0.4, 0.5) is 0 Å². The molecule has 17 heavy (non-hydrogen) atoms. The van der Waals surface area contributed by atoms with Crippen LogP contribution in [0, 0.1) is 0 Å². The first-order chi connectivity index (χ1) is 8.13. The molecule has 0 atom stereocenters. The van der Waals surface area contributed by atoms with Crippen LogP contribution in [0.2, 0.25) is 0 Å². The molecule has 0 heterocycles. The van der Waals surface area contributed by atoms with Gasteiger partial charge >= 0.3 is 10.1 Å². The van der Waals surface area contributed by atoms with E-state index in [-0.39, 0.29) is 4.90 Å². The summed E-state index contributed by atoms with van der Waals surface area (Å²) in [5.74, 6) is 0. The molecule has 5 heteroatoms. The lowest BCUT2D eigenvalue weighted by Crippen LogP contribution is -2.02. The lowest BCUT2D eigenvalue weighted by molar-refractivity contribution is 0.340. The summed E-state index contributed by atoms with van der Waals surface area (Å²) < 4.78 is 27.9. The van der Waals surface area contributed by atoms with E-state index >= 15 is 0 Å². The summed E-state index contributed by atoms with van der Waals surface area (Å²) in [7, 11) is -3.81. The van der Waals surface area contributed by atoms with Crippen LogP contribution in [-0.4, -0.2) is 14.6 Å². The molecule has 88 valence electrons. The molecule has 0 aliphatic carbocycles. The minimum atomic E-state index is -3.81. The monoisotopic (exact) mass is 249 g/mol. The minimum absolute atomic E-state index is 0.0989. The second-order valence-corrected chi connectivity index (χ2v) is 4.93. The van der Waals surface area contributed by atoms with Crippen molar-refractivity contribution >= 4 is 27.1 Å². The fraction of sp³-hybridized carbons (Fsp3) is 0.0833. The molecule has 0 saturated heterocycles. The van der Waals surface area contributed by atoms with E-state index in [1.165, 1.54) is 12.3 Å². The largest absolute Gasteiger partial charge is 0.358 e. The fourth-order valence-corrected chi connectivity index (χ4v) is 2.26. The summed E-state index contributed by atoms with van der Waals surface area (Å²) in [6.07, 6.45) is 1.28. The first-order valence-electron chi connectivity index (χ1n) is 5.04. The SMILES string of the molecule is CC=NOS(=O)(=O)c1ccc2ccccc2c1. The lowest BCUT2D eigenvalue weighted by atomic mass is 10.1. The summed E-state index contributed by atoms with van der Waals surface area (Å²) in [4.78, 5) is 0.0989. The average molecular weight is 249 g/mol. The number of benzene rings is 2. The van der Waals surface area contributed by atoms with Gasteiger partial charge in [0, 0.05) is 6.21 Å². The van der Waals surface area contributed by atoms with Gasteiger partial charge in [-0.15, -0.1) is 0 Å². The number of nitrogens with zero attached hydrogens (tertiary/aromatic N) is 1. The molecule has 2 rings (SSSR count). The van der Waals surface area contributed by atoms with Gasteiger partial charge in [-0.2, -0.15) is 8.42 Å². The van der Waals surface area contributed by atoms with Crippen LogP contribution in [-0.2, 0) is 14.4 Å². The van der Waals surface area contributed by atoms with E-state index in [1.807, 2.05) is 24.3 Å². The van der Waals surface area contributed by atoms with Crippen molar-refractivity contribution in [3.63, 3.8) is 0 Å². The summed E-state index contributed by atoms with van der Waals surface area (Å²) in [5.41, 5.74) is 0. The van der Waals surface area contributed by atoms with Gasteiger partial charge in [0.1, 0.15) is 4.90 Å². The average Bonchev–Trinajstić information content (AvgIpc) is 2.36. The molecule has 0 saturated carbocycles. The van der Waals surface area contributed by atoms with Crippen molar-refractivity contribution < 1.29 is 12.7 Å². The lowest BCUT2D eigenvalue weighted by Gasteiger charge is -2.03. The van der Waals surface area contributed by atoms with Crippen molar-refractivity contribution in [2.24, 2.45) is 5.16 Å². The predicted octanol–water partition coefficient (Wildman–Crippen LogP) is 2.55. The predicted molar refractivity (Wildman–Crippen MR) is 66.4 cm³/mol. The van der Waals surface area contributed by atoms with Crippen molar-refractivity contribution in [2.45, 2.75) is 11.8 Å². The molecule has 0 N–H and O–H groups in total. The number of rotatable bonds is 3. The highest BCUT2D eigenvalue weighted by Gasteiger charge is 2.15. The molecule has 0 fully saturated rings. The summed E-state index contributed by atoms with van der Waals surface area (Å²) >= 11 is 0. The van der Waals surface area contributed by atoms with E-state index in [0.717, 1.165) is 10.8 Å². The van der Waals surface area contributed by atoms with Crippen molar-refractivity contribution in [1.29, 1.82) is 0 Å². The van der Waals surface area contributed by atoms with Gasteiger partial charge in [-0.1, -0.05) is 35.5 Å². The maximum Gasteiger partial charge on any atom is 0.358 e. The molecular formula is C12H11NO3S. The fourth-order valence-electron chi connectivity index (χ4n) is 1.47. The molecular weight excluding hydrogens is 238 g/mol. The van der Waals surface area contributed by atoms with E-state index in [1.54, 1.807) is 19.1 Å². The number of fused-ring (bicyclic) bond motifs is 1. The highest BCUT2D eigenvalue weighted by Crippen LogP contribution is 2.20. The van der Waals surface area contributed by atoms with Gasteiger partial charge in [0.25, 0.3) is 0 Å². The van der Waals surface area contributed by atoms with Crippen LogP contribution in [0.1, 0.15) is 6.92 Å². The Hall–Kier alpha value is -1.88. The Bertz CT molecular complexity index is 662. The van der Waals surface area contributed by atoms with E-state index < -0.39 is 10.1 Å². The van der Waals surface area contributed by atoms with Gasteiger partial charge in [0.05, 0.1) is 0 Å². The van der Waals surface area contributed by atoms with Gasteiger partial charge in [0.2, 0.25) is 0 Å². The second-order valence-electron chi connectivity index (χ2n) is 3.40. The van der Waals surface area contributed by atoms with Gasteiger partial charge in [0.15, 0.2) is 0 Å². The first kappa shape index (κ1) is 11.6. The number of hydrogen-bond donors (Lipinski definition) is 0. The highest BCUT2D eigenvalue weighted by molar-refractivity contribution is 7.86. The molecule has 2 aromatic rings. The molecule has 0 aliphatic heterocycles. The number of oxime groups is 1. The van der Waals surface area contributed by atoms with E-state index in [0.29, 0.717) is 0 Å². The molecule has 0 aromatic heterocycles. The second kappa shape index (κ2) is 4.55. The van der Waals surface area contributed by atoms with E-state index in [2.05, 4.69) is 9.44 Å². The van der Waals surface area contributed by atoms with Crippen molar-refractivity contribution in [3.05, 3.63) is 42.5 Å². The molecule has 0 bridgehead atoms. The van der Waals surface area contributed by atoms with Gasteiger partial charge in [-0.05, 0) is 29.8 Å². The summed E-state index contributed by atoms with van der Waals surface area (Å²) in [6.45, 7) is 1.58. The normalized spacial score (nSPS) is 12.1. The van der Waals surface area contributed by atoms with Crippen molar-refractivity contribution in [2.75, 3.05) is 0 Å². The van der Waals surface area contributed by atoms with Crippen LogP contribution < -0.4 is 0 Å². The van der Waals surface area contributed by atoms with E-state index in [4.69, 9.17) is 0 Å². The Kier molecular flexibility index (Phi) is 3.10. The third-order valence-corrected chi connectivity index (χ3v) is 3.37. The smallest absolute Gasteiger partial charge is 0.265 e.